The molecule has 0 spiro atoms. The van der Waals surface area contributed by atoms with E-state index in [0.717, 1.165) is 57.9 Å². The SMILES string of the molecule is CC1CCc2c(sc(NC(=O)C3CCCCN3S(=O)(=O)c3cccs3)c2-c2nc3ccccc3s2)C1. The molecule has 0 bridgehead atoms. The maximum absolute atomic E-state index is 13.7. The third kappa shape index (κ3) is 4.32. The molecule has 1 fully saturated rings. The molecule has 1 aliphatic carbocycles. The summed E-state index contributed by atoms with van der Waals surface area (Å²) < 4.78 is 29.5. The van der Waals surface area contributed by atoms with Crippen molar-refractivity contribution in [2.24, 2.45) is 5.92 Å². The third-order valence-electron chi connectivity index (χ3n) is 7.07. The average Bonchev–Trinajstić information content (AvgIpc) is 3.62. The maximum Gasteiger partial charge on any atom is 0.253 e. The minimum atomic E-state index is -3.71. The van der Waals surface area contributed by atoms with E-state index in [1.54, 1.807) is 40.2 Å². The summed E-state index contributed by atoms with van der Waals surface area (Å²) in [4.78, 5) is 19.9. The summed E-state index contributed by atoms with van der Waals surface area (Å²) in [6.45, 7) is 2.63. The molecule has 0 saturated carbocycles. The summed E-state index contributed by atoms with van der Waals surface area (Å²) in [6.07, 6.45) is 5.19. The molecule has 2 unspecified atom stereocenters. The van der Waals surface area contributed by atoms with Gasteiger partial charge in [0.05, 0.1) is 10.2 Å². The van der Waals surface area contributed by atoms with Gasteiger partial charge in [0, 0.05) is 17.0 Å². The van der Waals surface area contributed by atoms with Gasteiger partial charge in [0.2, 0.25) is 5.91 Å². The van der Waals surface area contributed by atoms with Crippen LogP contribution in [0.2, 0.25) is 0 Å². The van der Waals surface area contributed by atoms with E-state index in [1.807, 2.05) is 18.2 Å². The van der Waals surface area contributed by atoms with Gasteiger partial charge in [-0.3, -0.25) is 4.79 Å². The fraction of sp³-hybridized carbons (Fsp3) is 0.385. The van der Waals surface area contributed by atoms with E-state index in [4.69, 9.17) is 4.98 Å². The number of sulfonamides is 1. The lowest BCUT2D eigenvalue weighted by atomic mass is 9.88. The summed E-state index contributed by atoms with van der Waals surface area (Å²) in [5.41, 5.74) is 3.28. The molecule has 2 atom stereocenters. The van der Waals surface area contributed by atoms with E-state index in [9.17, 15) is 13.2 Å². The Labute approximate surface area is 223 Å². The average molecular weight is 558 g/mol. The molecule has 4 heterocycles. The summed E-state index contributed by atoms with van der Waals surface area (Å²) in [6, 6.07) is 10.7. The first kappa shape index (κ1) is 24.2. The van der Waals surface area contributed by atoms with Crippen molar-refractivity contribution in [2.45, 2.75) is 55.7 Å². The first-order valence-corrected chi connectivity index (χ1v) is 16.2. The number of nitrogens with one attached hydrogen (secondary N) is 1. The quantitative estimate of drug-likeness (QED) is 0.308. The molecule has 1 aromatic carbocycles. The van der Waals surface area contributed by atoms with Crippen LogP contribution in [-0.2, 0) is 27.7 Å². The summed E-state index contributed by atoms with van der Waals surface area (Å²) in [7, 11) is -3.71. The van der Waals surface area contributed by atoms with Gasteiger partial charge < -0.3 is 5.32 Å². The highest BCUT2D eigenvalue weighted by Crippen LogP contribution is 2.47. The molecule has 2 aliphatic rings. The normalized spacial score (nSPS) is 20.9. The van der Waals surface area contributed by atoms with Crippen molar-refractivity contribution in [3.63, 3.8) is 0 Å². The maximum atomic E-state index is 13.7. The monoisotopic (exact) mass is 557 g/mol. The van der Waals surface area contributed by atoms with Crippen molar-refractivity contribution in [3.05, 3.63) is 52.2 Å². The number of thiazole rings is 1. The first-order valence-electron chi connectivity index (χ1n) is 12.3. The van der Waals surface area contributed by atoms with Gasteiger partial charge in [-0.15, -0.1) is 34.0 Å². The molecular formula is C26H27N3O3S4. The second-order valence-electron chi connectivity index (χ2n) is 9.59. The van der Waals surface area contributed by atoms with Crippen molar-refractivity contribution >= 4 is 65.2 Å². The summed E-state index contributed by atoms with van der Waals surface area (Å²) in [5.74, 6) is 0.358. The summed E-state index contributed by atoms with van der Waals surface area (Å²) in [5, 5.41) is 6.67. The molecule has 1 aliphatic heterocycles. The predicted octanol–water partition coefficient (Wildman–Crippen LogP) is 6.39. The van der Waals surface area contributed by atoms with Crippen LogP contribution in [0.4, 0.5) is 5.00 Å². The minimum Gasteiger partial charge on any atom is -0.316 e. The zero-order valence-electron chi connectivity index (χ0n) is 19.9. The number of carbonyl (C=O) groups is 1. The molecule has 0 radical (unpaired) electrons. The molecule has 1 N–H and O–H groups in total. The Morgan fingerprint density at radius 1 is 1.11 bits per heavy atom. The molecule has 6 rings (SSSR count). The Bertz CT molecular complexity index is 1490. The van der Waals surface area contributed by atoms with Crippen molar-refractivity contribution in [1.82, 2.24) is 9.29 Å². The molecule has 36 heavy (non-hydrogen) atoms. The largest absolute Gasteiger partial charge is 0.316 e. The topological polar surface area (TPSA) is 79.4 Å². The number of nitrogens with zero attached hydrogens (tertiary/aromatic N) is 2. The van der Waals surface area contributed by atoms with Crippen LogP contribution in [0.15, 0.2) is 46.0 Å². The number of hydrogen-bond donors (Lipinski definition) is 1. The van der Waals surface area contributed by atoms with E-state index >= 15 is 0 Å². The van der Waals surface area contributed by atoms with Crippen LogP contribution in [0.3, 0.4) is 0 Å². The van der Waals surface area contributed by atoms with Crippen LogP contribution in [-0.4, -0.2) is 36.2 Å². The molecule has 188 valence electrons. The number of para-hydroxylation sites is 1. The number of carbonyl (C=O) groups excluding carboxylic acids is 1. The first-order chi connectivity index (χ1) is 17.4. The Morgan fingerprint density at radius 2 is 1.97 bits per heavy atom. The van der Waals surface area contributed by atoms with Crippen molar-refractivity contribution in [1.29, 1.82) is 0 Å². The zero-order chi connectivity index (χ0) is 24.9. The molecule has 10 heteroatoms. The van der Waals surface area contributed by atoms with Gasteiger partial charge >= 0.3 is 0 Å². The number of hydrogen-bond acceptors (Lipinski definition) is 7. The predicted molar refractivity (Wildman–Crippen MR) is 149 cm³/mol. The number of fused-ring (bicyclic) bond motifs is 2. The molecular weight excluding hydrogens is 531 g/mol. The highest BCUT2D eigenvalue weighted by Gasteiger charge is 2.39. The standard InChI is InChI=1S/C26H27N3O3S4/c1-16-11-12-17-21(15-16)35-26(23(17)25-27-18-7-2-3-9-20(18)34-25)28-24(30)19-8-4-5-13-29(19)36(31,32)22-10-6-14-33-22/h2-3,6-7,9-10,14,16,19H,4-5,8,11-13,15H2,1H3,(H,28,30). The lowest BCUT2D eigenvalue weighted by Gasteiger charge is -2.33. The highest BCUT2D eigenvalue weighted by atomic mass is 32.2. The summed E-state index contributed by atoms with van der Waals surface area (Å²) >= 11 is 4.48. The van der Waals surface area contributed by atoms with Crippen LogP contribution in [0.1, 0.15) is 43.0 Å². The van der Waals surface area contributed by atoms with Gasteiger partial charge in [-0.2, -0.15) is 4.31 Å². The van der Waals surface area contributed by atoms with Crippen LogP contribution in [0.25, 0.3) is 20.8 Å². The van der Waals surface area contributed by atoms with Gasteiger partial charge in [-0.25, -0.2) is 13.4 Å². The van der Waals surface area contributed by atoms with E-state index in [-0.39, 0.29) is 10.1 Å². The lowest BCUT2D eigenvalue weighted by Crippen LogP contribution is -2.49. The van der Waals surface area contributed by atoms with Gasteiger partial charge in [-0.1, -0.05) is 31.5 Å². The van der Waals surface area contributed by atoms with E-state index in [1.165, 1.54) is 26.1 Å². The Balaban J connectivity index is 1.37. The number of amides is 1. The van der Waals surface area contributed by atoms with Gasteiger partial charge in [-0.05, 0) is 67.2 Å². The van der Waals surface area contributed by atoms with Crippen LogP contribution < -0.4 is 5.32 Å². The second kappa shape index (κ2) is 9.64. The van der Waals surface area contributed by atoms with Crippen molar-refractivity contribution < 1.29 is 13.2 Å². The molecule has 1 saturated heterocycles. The Morgan fingerprint density at radius 3 is 2.78 bits per heavy atom. The number of anilines is 1. The van der Waals surface area contributed by atoms with Crippen molar-refractivity contribution in [3.8, 4) is 10.6 Å². The van der Waals surface area contributed by atoms with Crippen LogP contribution in [0, 0.1) is 5.92 Å². The highest BCUT2D eigenvalue weighted by molar-refractivity contribution is 7.91. The zero-order valence-corrected chi connectivity index (χ0v) is 23.2. The number of rotatable bonds is 5. The molecule has 4 aromatic rings. The third-order valence-corrected chi connectivity index (χ3v) is 12.6. The Hall–Kier alpha value is -2.11. The van der Waals surface area contributed by atoms with Gasteiger partial charge in [0.1, 0.15) is 20.3 Å². The smallest absolute Gasteiger partial charge is 0.253 e. The molecule has 3 aromatic heterocycles. The fourth-order valence-electron chi connectivity index (χ4n) is 5.22. The number of benzene rings is 1. The number of aromatic nitrogens is 1. The fourth-order valence-corrected chi connectivity index (χ4v) is 10.5. The van der Waals surface area contributed by atoms with E-state index in [2.05, 4.69) is 18.3 Å². The number of piperidine rings is 1. The van der Waals surface area contributed by atoms with Gasteiger partial charge in [0.25, 0.3) is 10.0 Å². The van der Waals surface area contributed by atoms with Gasteiger partial charge in [0.15, 0.2) is 0 Å². The van der Waals surface area contributed by atoms with Crippen LogP contribution in [0.5, 0.6) is 0 Å². The van der Waals surface area contributed by atoms with E-state index < -0.39 is 16.1 Å². The van der Waals surface area contributed by atoms with Crippen molar-refractivity contribution in [2.75, 3.05) is 11.9 Å². The number of thiophene rings is 2. The van der Waals surface area contributed by atoms with E-state index in [0.29, 0.717) is 18.9 Å². The molecule has 6 nitrogen and oxygen atoms in total. The Kier molecular flexibility index (Phi) is 6.49. The molecule has 1 amide bonds. The minimum absolute atomic E-state index is 0.246. The second-order valence-corrected chi connectivity index (χ2v) is 14.8. The van der Waals surface area contributed by atoms with Crippen LogP contribution >= 0.6 is 34.0 Å². The lowest BCUT2D eigenvalue weighted by molar-refractivity contribution is -0.120.